The van der Waals surface area contributed by atoms with Gasteiger partial charge in [0.25, 0.3) is 50.6 Å². The van der Waals surface area contributed by atoms with Crippen LogP contribution in [0.15, 0.2) is 102 Å². The minimum absolute atomic E-state index is 0.0879. The van der Waals surface area contributed by atoms with Crippen LogP contribution in [0.2, 0.25) is 10.0 Å². The van der Waals surface area contributed by atoms with Gasteiger partial charge in [0.2, 0.25) is 29.7 Å². The van der Waals surface area contributed by atoms with Gasteiger partial charge in [-0.3, -0.25) is 22.8 Å². The Bertz CT molecular complexity index is 4500. The number of ether oxygens (including phenoxy) is 4. The summed E-state index contributed by atoms with van der Waals surface area (Å²) in [7, 11) is -24.3. The van der Waals surface area contributed by atoms with Gasteiger partial charge < -0.3 is 45.1 Å². The number of fused-ring (bicyclic) bond motifs is 4. The Morgan fingerprint density at radius 1 is 0.531 bits per heavy atom. The molecule has 0 bridgehead atoms. The van der Waals surface area contributed by atoms with E-state index in [-0.39, 0.29) is 62.0 Å². The lowest BCUT2D eigenvalue weighted by molar-refractivity contribution is 0.122. The first-order valence-corrected chi connectivity index (χ1v) is 30.5. The summed E-state index contributed by atoms with van der Waals surface area (Å²) in [5.41, 5.74) is -1.16. The highest BCUT2D eigenvalue weighted by molar-refractivity contribution is 7.87. The van der Waals surface area contributed by atoms with Gasteiger partial charge in [-0.2, -0.15) is 72.0 Å². The topological polar surface area (TPSA) is 462 Å². The maximum absolute atomic E-state index is 13.3. The van der Waals surface area contributed by atoms with Crippen molar-refractivity contribution in [3.63, 3.8) is 0 Å². The monoisotopic (exact) mass is 1250 g/mol. The molecule has 3 aliphatic rings. The van der Waals surface area contributed by atoms with Crippen molar-refractivity contribution in [1.82, 2.24) is 29.9 Å². The van der Waals surface area contributed by atoms with E-state index >= 15 is 0 Å². The number of anilines is 8. The molecule has 32 nitrogen and oxygen atoms in total. The lowest BCUT2D eigenvalue weighted by Crippen LogP contribution is -2.37. The SMILES string of the molecule is O=S(=O)(O)CCNc1nc(Nc2ccc3c(c2S(=O)(=O)O)Oc2c(Cl)c4c(c(Cl)c2=N3)Oc2c(ccc(Nc3nc(Nc5ccc(S(=O)(=O)O)cc5)nc(N5CCOCC5)n3)c2S(=O)(=O)O)N=4)nc(Oc2ccc(S(=O)(=O)O)cc2)n1. The van der Waals surface area contributed by atoms with Crippen molar-refractivity contribution >= 4 is 132 Å². The van der Waals surface area contributed by atoms with Gasteiger partial charge in [0.15, 0.2) is 32.8 Å². The van der Waals surface area contributed by atoms with Gasteiger partial charge in [-0.15, -0.1) is 0 Å². The molecular formula is C42H33Cl2N13O19S5. The number of aromatic nitrogens is 6. The van der Waals surface area contributed by atoms with E-state index in [4.69, 9.17) is 42.1 Å². The van der Waals surface area contributed by atoms with E-state index in [0.29, 0.717) is 26.3 Å². The lowest BCUT2D eigenvalue weighted by Gasteiger charge is -2.27. The highest BCUT2D eigenvalue weighted by atomic mass is 35.5. The van der Waals surface area contributed by atoms with Crippen molar-refractivity contribution in [2.45, 2.75) is 19.6 Å². The molecule has 0 unspecified atom stereocenters. The molecule has 0 amide bonds. The number of nitrogens with one attached hydrogen (secondary N) is 4. The summed E-state index contributed by atoms with van der Waals surface area (Å²) in [5, 5.41) is 9.23. The summed E-state index contributed by atoms with van der Waals surface area (Å²) in [5.74, 6) is -4.32. The number of rotatable bonds is 17. The number of morpholine rings is 1. The fourth-order valence-corrected chi connectivity index (χ4v) is 11.1. The third-order valence-electron chi connectivity index (χ3n) is 11.2. The second-order valence-electron chi connectivity index (χ2n) is 16.7. The van der Waals surface area contributed by atoms with E-state index in [1.165, 1.54) is 30.3 Å². The molecule has 1 saturated heterocycles. The van der Waals surface area contributed by atoms with E-state index in [2.05, 4.69) is 61.2 Å². The summed E-state index contributed by atoms with van der Waals surface area (Å²) >= 11 is 13.8. The maximum Gasteiger partial charge on any atom is 0.328 e. The van der Waals surface area contributed by atoms with Crippen molar-refractivity contribution in [3.05, 3.63) is 93.6 Å². The van der Waals surface area contributed by atoms with Crippen molar-refractivity contribution in [1.29, 1.82) is 0 Å². The van der Waals surface area contributed by atoms with Crippen molar-refractivity contribution < 1.29 is 83.8 Å². The van der Waals surface area contributed by atoms with E-state index < -0.39 is 134 Å². The Morgan fingerprint density at radius 2 is 0.988 bits per heavy atom. The molecule has 0 radical (unpaired) electrons. The van der Waals surface area contributed by atoms with Crippen LogP contribution in [0.3, 0.4) is 0 Å². The highest BCUT2D eigenvalue weighted by Gasteiger charge is 2.35. The van der Waals surface area contributed by atoms with Gasteiger partial charge in [-0.25, -0.2) is 9.98 Å². The van der Waals surface area contributed by atoms with Crippen molar-refractivity contribution in [3.8, 4) is 34.8 Å². The van der Waals surface area contributed by atoms with Crippen LogP contribution in [-0.4, -0.2) is 133 Å². The fraction of sp³-hybridized carbons (Fsp3) is 0.143. The van der Waals surface area contributed by atoms with E-state index in [0.717, 1.165) is 42.5 Å². The smallest absolute Gasteiger partial charge is 0.328 e. The van der Waals surface area contributed by atoms with E-state index in [1.807, 2.05) is 0 Å². The summed E-state index contributed by atoms with van der Waals surface area (Å²) < 4.78 is 195. The Labute approximate surface area is 465 Å². The molecule has 39 heteroatoms. The van der Waals surface area contributed by atoms with Gasteiger partial charge in [0.05, 0.1) is 40.1 Å². The number of nitrogens with zero attached hydrogens (tertiary/aromatic N) is 9. The first-order valence-electron chi connectivity index (χ1n) is 22.4. The number of halogens is 2. The summed E-state index contributed by atoms with van der Waals surface area (Å²) in [6, 6.07) is 13.2. The zero-order chi connectivity index (χ0) is 58.0. The maximum atomic E-state index is 13.3. The molecule has 9 N–H and O–H groups in total. The Kier molecular flexibility index (Phi) is 14.8. The first-order chi connectivity index (χ1) is 38.1. The molecule has 5 aromatic carbocycles. The molecule has 0 atom stereocenters. The average Bonchev–Trinajstić information content (AvgIpc) is 3.56. The molecule has 10 rings (SSSR count). The Balaban J connectivity index is 0.997. The molecule has 1 fully saturated rings. The lowest BCUT2D eigenvalue weighted by atomic mass is 10.2. The molecule has 0 spiro atoms. The average molecular weight is 1260 g/mol. The second kappa shape index (κ2) is 21.3. The molecule has 0 aliphatic carbocycles. The zero-order valence-electron chi connectivity index (χ0n) is 39.9. The first kappa shape index (κ1) is 56.5. The van der Waals surface area contributed by atoms with Gasteiger partial charge >= 0.3 is 6.01 Å². The molecule has 81 heavy (non-hydrogen) atoms. The molecule has 5 heterocycles. The normalized spacial score (nSPS) is 14.1. The Morgan fingerprint density at radius 3 is 1.47 bits per heavy atom. The summed E-state index contributed by atoms with van der Waals surface area (Å²) in [4.78, 5) is 33.3. The largest absolute Gasteiger partial charge is 0.450 e. The van der Waals surface area contributed by atoms with Gasteiger partial charge in [0.1, 0.15) is 37.9 Å². The van der Waals surface area contributed by atoms with Crippen LogP contribution in [-0.2, 0) is 55.3 Å². The third-order valence-corrected chi connectivity index (χ3v) is 16.2. The summed E-state index contributed by atoms with van der Waals surface area (Å²) in [6.07, 6.45) is 0. The molecule has 424 valence electrons. The third kappa shape index (κ3) is 12.4. The number of benzene rings is 5. The molecular weight excluding hydrogens is 1220 g/mol. The fourth-order valence-electron chi connectivity index (χ4n) is 7.72. The van der Waals surface area contributed by atoms with Crippen molar-refractivity contribution in [2.24, 2.45) is 9.98 Å². The van der Waals surface area contributed by atoms with Crippen LogP contribution in [0.1, 0.15) is 0 Å². The molecule has 0 saturated carbocycles. The predicted molar refractivity (Wildman–Crippen MR) is 281 cm³/mol. The molecule has 7 aromatic rings. The number of hydrogen-bond acceptors (Lipinski definition) is 27. The second-order valence-corrected chi connectivity index (χ2v) is 24.6. The van der Waals surface area contributed by atoms with Gasteiger partial charge in [-0.05, 0) is 72.8 Å². The minimum atomic E-state index is -5.36. The molecule has 2 aromatic heterocycles. The molecule has 3 aliphatic heterocycles. The van der Waals surface area contributed by atoms with Crippen LogP contribution in [0.5, 0.6) is 34.8 Å². The van der Waals surface area contributed by atoms with Crippen LogP contribution in [0, 0.1) is 0 Å². The van der Waals surface area contributed by atoms with E-state index in [1.54, 1.807) is 4.90 Å². The van der Waals surface area contributed by atoms with Gasteiger partial charge in [0, 0.05) is 25.3 Å². The van der Waals surface area contributed by atoms with Crippen LogP contribution >= 0.6 is 23.2 Å². The van der Waals surface area contributed by atoms with Gasteiger partial charge in [-0.1, -0.05) is 23.2 Å². The Hall–Kier alpha value is -7.79. The van der Waals surface area contributed by atoms with E-state index in [9.17, 15) is 64.9 Å². The van der Waals surface area contributed by atoms with Crippen LogP contribution in [0.4, 0.5) is 58.2 Å². The minimum Gasteiger partial charge on any atom is -0.450 e. The quantitative estimate of drug-likeness (QED) is 0.0561. The zero-order valence-corrected chi connectivity index (χ0v) is 45.5. The number of hydrogen-bond donors (Lipinski definition) is 9. The predicted octanol–water partition coefficient (Wildman–Crippen LogP) is 4.62. The van der Waals surface area contributed by atoms with Crippen molar-refractivity contribution in [2.75, 3.05) is 64.8 Å². The standard InChI is InChI=1S/C42H33Cl2N13O19S5/c43-27-30-34(76-32-24(48-30)10-12-26(36(32)81(70,71)72)50-40-51-37(45-13-18-77(58,59)60)55-42(56-40)74-20-3-7-22(8-4-20)79(64,65)66)28(44)29-33(27)75-31-23(47-29)9-11-25(35(31)80(67,68)69)49-39-52-38(53-41(54-39)57-14-16-73-17-15-57)46-19-1-5-21(6-2-19)78(61,62)63/h1-12H,13-18H2,(H,58,59,60)(H,61,62,63)(H,64,65,66)(H,67,68,69)(H,70,71,72)(H2,45,50,51,55,56)(H2,46,49,52,53,54). The highest BCUT2D eigenvalue weighted by Crippen LogP contribution is 2.49. The van der Waals surface area contributed by atoms with Crippen LogP contribution in [0.25, 0.3) is 0 Å². The van der Waals surface area contributed by atoms with Crippen LogP contribution < -0.4 is 51.1 Å². The summed E-state index contributed by atoms with van der Waals surface area (Å²) in [6.45, 7) is 0.810.